The number of hydrogen-bond donors (Lipinski definition) is 0. The van der Waals surface area contributed by atoms with E-state index >= 15 is 0 Å². The summed E-state index contributed by atoms with van der Waals surface area (Å²) in [6.45, 7) is 0. The summed E-state index contributed by atoms with van der Waals surface area (Å²) in [6, 6.07) is 16.9. The predicted molar refractivity (Wildman–Crippen MR) is 84.0 cm³/mol. The Morgan fingerprint density at radius 1 is 0.905 bits per heavy atom. The summed E-state index contributed by atoms with van der Waals surface area (Å²) >= 11 is 0. The molecule has 0 radical (unpaired) electrons. The van der Waals surface area contributed by atoms with Gasteiger partial charge in [-0.3, -0.25) is 4.79 Å². The maximum absolute atomic E-state index is 12.9. The smallest absolute Gasteiger partial charge is 0.201 e. The highest BCUT2D eigenvalue weighted by atomic mass is 16.5. The second kappa shape index (κ2) is 4.35. The molecular weight excluding hydrogens is 264 g/mol. The molecule has 0 fully saturated rings. The van der Waals surface area contributed by atoms with Gasteiger partial charge in [-0.05, 0) is 35.0 Å². The van der Waals surface area contributed by atoms with Crippen LogP contribution in [-0.4, -0.2) is 7.11 Å². The van der Waals surface area contributed by atoms with Gasteiger partial charge in [0.25, 0.3) is 0 Å². The van der Waals surface area contributed by atoms with E-state index in [1.165, 1.54) is 0 Å². The Morgan fingerprint density at radius 2 is 1.71 bits per heavy atom. The van der Waals surface area contributed by atoms with E-state index in [0.29, 0.717) is 27.7 Å². The molecular formula is C18H12O3. The molecule has 0 bridgehead atoms. The second-order valence-electron chi connectivity index (χ2n) is 4.95. The quantitative estimate of drug-likeness (QED) is 0.388. The van der Waals surface area contributed by atoms with Gasteiger partial charge in [0.1, 0.15) is 16.9 Å². The van der Waals surface area contributed by atoms with Gasteiger partial charge in [0, 0.05) is 0 Å². The van der Waals surface area contributed by atoms with Crippen molar-refractivity contribution in [3.05, 3.63) is 64.8 Å². The maximum Gasteiger partial charge on any atom is 0.201 e. The summed E-state index contributed by atoms with van der Waals surface area (Å²) < 4.78 is 11.1. The van der Waals surface area contributed by atoms with Crippen molar-refractivity contribution >= 4 is 32.7 Å². The van der Waals surface area contributed by atoms with Crippen molar-refractivity contribution in [2.24, 2.45) is 0 Å². The fraction of sp³-hybridized carbons (Fsp3) is 0.0556. The molecule has 0 saturated carbocycles. The standard InChI is InChI=1S/C18H12O3/c1-20-12-7-9-15-14(10-12)18(19)17-13-5-3-2-4-11(13)6-8-16(17)21-15/h2-10H,1H3. The lowest BCUT2D eigenvalue weighted by molar-refractivity contribution is 0.415. The van der Waals surface area contributed by atoms with Gasteiger partial charge < -0.3 is 9.15 Å². The molecule has 3 heteroatoms. The molecule has 102 valence electrons. The summed E-state index contributed by atoms with van der Waals surface area (Å²) in [5.41, 5.74) is 1.15. The average molecular weight is 276 g/mol. The minimum Gasteiger partial charge on any atom is -0.497 e. The normalized spacial score (nSPS) is 11.3. The first kappa shape index (κ1) is 12.0. The second-order valence-corrected chi connectivity index (χ2v) is 4.95. The SMILES string of the molecule is COc1ccc2oc3ccc4ccccc4c3c(=O)c2c1. The summed E-state index contributed by atoms with van der Waals surface area (Å²) in [5.74, 6) is 0.648. The molecule has 3 aromatic carbocycles. The third-order valence-corrected chi connectivity index (χ3v) is 3.77. The van der Waals surface area contributed by atoms with E-state index in [9.17, 15) is 4.79 Å². The molecule has 0 N–H and O–H groups in total. The van der Waals surface area contributed by atoms with Crippen LogP contribution in [0.1, 0.15) is 0 Å². The molecule has 1 aromatic heterocycles. The molecule has 3 nitrogen and oxygen atoms in total. The Morgan fingerprint density at radius 3 is 2.57 bits per heavy atom. The van der Waals surface area contributed by atoms with Crippen molar-refractivity contribution in [1.82, 2.24) is 0 Å². The van der Waals surface area contributed by atoms with E-state index in [1.54, 1.807) is 25.3 Å². The third-order valence-electron chi connectivity index (χ3n) is 3.77. The lowest BCUT2D eigenvalue weighted by Crippen LogP contribution is -2.03. The van der Waals surface area contributed by atoms with Crippen LogP contribution in [-0.2, 0) is 0 Å². The molecule has 0 unspecified atom stereocenters. The lowest BCUT2D eigenvalue weighted by Gasteiger charge is -2.06. The summed E-state index contributed by atoms with van der Waals surface area (Å²) in [7, 11) is 1.58. The Hall–Kier alpha value is -2.81. The summed E-state index contributed by atoms with van der Waals surface area (Å²) in [5, 5.41) is 3.10. The molecule has 0 aliphatic rings. The largest absolute Gasteiger partial charge is 0.497 e. The van der Waals surface area contributed by atoms with Gasteiger partial charge in [0.05, 0.1) is 17.9 Å². The predicted octanol–water partition coefficient (Wildman–Crippen LogP) is 4.11. The lowest BCUT2D eigenvalue weighted by atomic mass is 10.0. The Bertz CT molecular complexity index is 1040. The Kier molecular flexibility index (Phi) is 2.48. The van der Waals surface area contributed by atoms with Gasteiger partial charge in [0.2, 0.25) is 5.43 Å². The van der Waals surface area contributed by atoms with Crippen molar-refractivity contribution in [2.45, 2.75) is 0 Å². The zero-order chi connectivity index (χ0) is 14.4. The molecule has 4 rings (SSSR count). The average Bonchev–Trinajstić information content (AvgIpc) is 2.54. The highest BCUT2D eigenvalue weighted by molar-refractivity contribution is 6.08. The molecule has 0 aliphatic heterocycles. The molecule has 4 aromatic rings. The van der Waals surface area contributed by atoms with Gasteiger partial charge in [-0.25, -0.2) is 0 Å². The fourth-order valence-electron chi connectivity index (χ4n) is 2.73. The first-order valence-corrected chi connectivity index (χ1v) is 6.70. The van der Waals surface area contributed by atoms with Gasteiger partial charge in [-0.2, -0.15) is 0 Å². The van der Waals surface area contributed by atoms with Crippen LogP contribution < -0.4 is 10.2 Å². The number of fused-ring (bicyclic) bond motifs is 4. The molecule has 21 heavy (non-hydrogen) atoms. The minimum absolute atomic E-state index is 0.0260. The topological polar surface area (TPSA) is 39.4 Å². The number of benzene rings is 3. The zero-order valence-electron chi connectivity index (χ0n) is 11.4. The first-order chi connectivity index (χ1) is 10.3. The molecule has 0 aliphatic carbocycles. The van der Waals surface area contributed by atoms with Crippen LogP contribution in [0.25, 0.3) is 32.7 Å². The number of methoxy groups -OCH3 is 1. The van der Waals surface area contributed by atoms with Gasteiger partial charge in [0.15, 0.2) is 0 Å². The van der Waals surface area contributed by atoms with Gasteiger partial charge in [-0.15, -0.1) is 0 Å². The highest BCUT2D eigenvalue weighted by Gasteiger charge is 2.11. The van der Waals surface area contributed by atoms with Crippen molar-refractivity contribution < 1.29 is 9.15 Å². The van der Waals surface area contributed by atoms with Crippen LogP contribution in [0.2, 0.25) is 0 Å². The summed E-state index contributed by atoms with van der Waals surface area (Å²) in [4.78, 5) is 12.9. The van der Waals surface area contributed by atoms with E-state index in [0.717, 1.165) is 10.8 Å². The van der Waals surface area contributed by atoms with Crippen molar-refractivity contribution in [2.75, 3.05) is 7.11 Å². The maximum atomic E-state index is 12.9. The van der Waals surface area contributed by atoms with Crippen molar-refractivity contribution in [3.8, 4) is 5.75 Å². The van der Waals surface area contributed by atoms with E-state index in [2.05, 4.69) is 0 Å². The molecule has 0 amide bonds. The van der Waals surface area contributed by atoms with Crippen LogP contribution in [0, 0.1) is 0 Å². The van der Waals surface area contributed by atoms with Crippen molar-refractivity contribution in [1.29, 1.82) is 0 Å². The molecule has 1 heterocycles. The van der Waals surface area contributed by atoms with Crippen LogP contribution in [0.5, 0.6) is 5.75 Å². The molecule has 0 spiro atoms. The highest BCUT2D eigenvalue weighted by Crippen LogP contribution is 2.27. The van der Waals surface area contributed by atoms with E-state index in [-0.39, 0.29) is 5.43 Å². The van der Waals surface area contributed by atoms with E-state index in [4.69, 9.17) is 9.15 Å². The van der Waals surface area contributed by atoms with Crippen LogP contribution >= 0.6 is 0 Å². The number of rotatable bonds is 1. The van der Waals surface area contributed by atoms with Crippen molar-refractivity contribution in [3.63, 3.8) is 0 Å². The minimum atomic E-state index is -0.0260. The molecule has 0 saturated heterocycles. The monoisotopic (exact) mass is 276 g/mol. The number of hydrogen-bond acceptors (Lipinski definition) is 3. The Balaban J connectivity index is 2.27. The van der Waals surface area contributed by atoms with E-state index < -0.39 is 0 Å². The van der Waals surface area contributed by atoms with Crippen LogP contribution in [0.15, 0.2) is 63.8 Å². The number of ether oxygens (including phenoxy) is 1. The zero-order valence-corrected chi connectivity index (χ0v) is 11.4. The van der Waals surface area contributed by atoms with Gasteiger partial charge >= 0.3 is 0 Å². The molecule has 0 atom stereocenters. The summed E-state index contributed by atoms with van der Waals surface area (Å²) in [6.07, 6.45) is 0. The fourth-order valence-corrected chi connectivity index (χ4v) is 2.73. The Labute approximate surface area is 120 Å². The van der Waals surface area contributed by atoms with E-state index in [1.807, 2.05) is 36.4 Å². The van der Waals surface area contributed by atoms with Gasteiger partial charge in [-0.1, -0.05) is 30.3 Å². The first-order valence-electron chi connectivity index (χ1n) is 6.70. The van der Waals surface area contributed by atoms with Crippen LogP contribution in [0.4, 0.5) is 0 Å². The van der Waals surface area contributed by atoms with Crippen LogP contribution in [0.3, 0.4) is 0 Å². The third kappa shape index (κ3) is 1.71.